The van der Waals surface area contributed by atoms with Crippen molar-refractivity contribution >= 4 is 11.8 Å². The molecule has 3 rings (SSSR count). The molecule has 1 aliphatic rings. The fraction of sp³-hybridized carbons (Fsp3) is 0.333. The molecule has 0 unspecified atom stereocenters. The van der Waals surface area contributed by atoms with Crippen LogP contribution in [-0.4, -0.2) is 42.8 Å². The summed E-state index contributed by atoms with van der Waals surface area (Å²) in [5.74, 6) is -0.154. The monoisotopic (exact) mass is 422 g/mol. The van der Waals surface area contributed by atoms with Gasteiger partial charge < -0.3 is 19.7 Å². The van der Waals surface area contributed by atoms with Crippen LogP contribution in [0.3, 0.4) is 0 Å². The van der Waals surface area contributed by atoms with Crippen LogP contribution in [0.5, 0.6) is 11.5 Å². The van der Waals surface area contributed by atoms with Gasteiger partial charge in [-0.3, -0.25) is 9.59 Å². The highest BCUT2D eigenvalue weighted by Crippen LogP contribution is 2.23. The van der Waals surface area contributed by atoms with Gasteiger partial charge in [-0.1, -0.05) is 24.3 Å². The van der Waals surface area contributed by atoms with E-state index < -0.39 is 12.4 Å². The number of nitrogens with one attached hydrogen (secondary N) is 1. The Labute approximate surface area is 171 Å². The molecular weight excluding hydrogens is 401 g/mol. The summed E-state index contributed by atoms with van der Waals surface area (Å²) in [4.78, 5) is 26.5. The van der Waals surface area contributed by atoms with E-state index in [2.05, 4.69) is 10.1 Å². The average Bonchev–Trinajstić information content (AvgIpc) is 3.02. The van der Waals surface area contributed by atoms with Crippen LogP contribution in [-0.2, 0) is 22.6 Å². The fourth-order valence-corrected chi connectivity index (χ4v) is 3.22. The second-order valence-corrected chi connectivity index (χ2v) is 6.89. The van der Waals surface area contributed by atoms with Gasteiger partial charge in [-0.25, -0.2) is 0 Å². The van der Waals surface area contributed by atoms with Gasteiger partial charge in [0.05, 0.1) is 13.5 Å². The molecule has 30 heavy (non-hydrogen) atoms. The molecule has 1 fully saturated rings. The molecule has 0 radical (unpaired) electrons. The van der Waals surface area contributed by atoms with E-state index in [1.54, 1.807) is 12.0 Å². The van der Waals surface area contributed by atoms with Crippen molar-refractivity contribution in [2.75, 3.05) is 13.7 Å². The Morgan fingerprint density at radius 1 is 1.07 bits per heavy atom. The Balaban J connectivity index is 1.50. The molecule has 1 saturated heterocycles. The van der Waals surface area contributed by atoms with Crippen molar-refractivity contribution < 1.29 is 32.2 Å². The van der Waals surface area contributed by atoms with Crippen molar-refractivity contribution in [3.05, 3.63) is 59.7 Å². The molecule has 2 aromatic rings. The Morgan fingerprint density at radius 2 is 1.67 bits per heavy atom. The molecule has 2 amide bonds. The molecule has 1 heterocycles. The number of carbonyl (C=O) groups is 2. The lowest BCUT2D eigenvalue weighted by molar-refractivity contribution is -0.274. The molecule has 0 aromatic heterocycles. The zero-order valence-corrected chi connectivity index (χ0v) is 16.2. The van der Waals surface area contributed by atoms with Gasteiger partial charge >= 0.3 is 6.36 Å². The van der Waals surface area contributed by atoms with Crippen LogP contribution < -0.4 is 14.8 Å². The zero-order chi connectivity index (χ0) is 21.7. The van der Waals surface area contributed by atoms with Crippen molar-refractivity contribution in [1.29, 1.82) is 0 Å². The van der Waals surface area contributed by atoms with E-state index in [1.807, 2.05) is 24.3 Å². The van der Waals surface area contributed by atoms with Crippen molar-refractivity contribution in [3.8, 4) is 11.5 Å². The fourth-order valence-electron chi connectivity index (χ4n) is 3.22. The number of ether oxygens (including phenoxy) is 2. The molecule has 1 atom stereocenters. The maximum Gasteiger partial charge on any atom is 0.573 e. The summed E-state index contributed by atoms with van der Waals surface area (Å²) in [5.41, 5.74) is 1.47. The third-order valence-electron chi connectivity index (χ3n) is 4.69. The molecule has 1 aliphatic heterocycles. The molecule has 0 spiro atoms. The van der Waals surface area contributed by atoms with Gasteiger partial charge in [0, 0.05) is 13.1 Å². The van der Waals surface area contributed by atoms with E-state index in [-0.39, 0.29) is 24.0 Å². The molecule has 2 aromatic carbocycles. The quantitative estimate of drug-likeness (QED) is 0.745. The lowest BCUT2D eigenvalue weighted by atomic mass is 10.1. The highest BCUT2D eigenvalue weighted by Gasteiger charge is 2.33. The number of hydrogen-bond acceptors (Lipinski definition) is 4. The molecule has 0 aliphatic carbocycles. The first-order chi connectivity index (χ1) is 14.2. The van der Waals surface area contributed by atoms with Crippen LogP contribution >= 0.6 is 0 Å². The molecular formula is C21H21F3N2O4. The number of hydrogen-bond donors (Lipinski definition) is 1. The highest BCUT2D eigenvalue weighted by atomic mass is 19.4. The van der Waals surface area contributed by atoms with Crippen molar-refractivity contribution in [2.24, 2.45) is 0 Å². The minimum Gasteiger partial charge on any atom is -0.497 e. The number of halogens is 3. The molecule has 0 saturated carbocycles. The Kier molecular flexibility index (Phi) is 6.49. The van der Waals surface area contributed by atoms with E-state index in [9.17, 15) is 22.8 Å². The maximum atomic E-state index is 12.6. The first kappa shape index (κ1) is 21.5. The molecule has 0 bridgehead atoms. The minimum absolute atomic E-state index is 0.0471. The number of carbonyl (C=O) groups excluding carboxylic acids is 2. The summed E-state index contributed by atoms with van der Waals surface area (Å²) in [6, 6.07) is 11.8. The average molecular weight is 422 g/mol. The standard InChI is InChI=1S/C21H21F3N2O4/c1-29-16-6-4-15(5-7-16)13-26-11-10-18(20(26)28)25-19(27)12-14-2-8-17(9-3-14)30-21(22,23)24/h2-9,18H,10-13H2,1H3,(H,25,27)/t18-/m1/s1. The van der Waals surface area contributed by atoms with Crippen LogP contribution in [0.4, 0.5) is 13.2 Å². The summed E-state index contributed by atoms with van der Waals surface area (Å²) in [6.07, 6.45) is -4.31. The topological polar surface area (TPSA) is 67.9 Å². The van der Waals surface area contributed by atoms with Gasteiger partial charge in [-0.05, 0) is 41.8 Å². The second kappa shape index (κ2) is 9.06. The number of alkyl halides is 3. The third kappa shape index (κ3) is 5.88. The van der Waals surface area contributed by atoms with Gasteiger partial charge in [0.2, 0.25) is 11.8 Å². The lowest BCUT2D eigenvalue weighted by Gasteiger charge is -2.17. The van der Waals surface area contributed by atoms with Crippen molar-refractivity contribution in [1.82, 2.24) is 10.2 Å². The van der Waals surface area contributed by atoms with E-state index in [0.29, 0.717) is 25.1 Å². The van der Waals surface area contributed by atoms with Crippen LogP contribution in [0.25, 0.3) is 0 Å². The first-order valence-electron chi connectivity index (χ1n) is 9.29. The smallest absolute Gasteiger partial charge is 0.497 e. The van der Waals surface area contributed by atoms with Gasteiger partial charge in [0.15, 0.2) is 0 Å². The summed E-state index contributed by atoms with van der Waals surface area (Å²) in [5, 5.41) is 2.70. The number of amides is 2. The maximum absolute atomic E-state index is 12.6. The zero-order valence-electron chi connectivity index (χ0n) is 16.2. The van der Waals surface area contributed by atoms with Crippen molar-refractivity contribution in [3.63, 3.8) is 0 Å². The molecule has 160 valence electrons. The number of rotatable bonds is 7. The van der Waals surface area contributed by atoms with E-state index in [0.717, 1.165) is 23.4 Å². The lowest BCUT2D eigenvalue weighted by Crippen LogP contribution is -2.41. The van der Waals surface area contributed by atoms with Crippen LogP contribution in [0.15, 0.2) is 48.5 Å². The molecule has 6 nitrogen and oxygen atoms in total. The summed E-state index contributed by atoms with van der Waals surface area (Å²) in [6.45, 7) is 0.967. The van der Waals surface area contributed by atoms with Gasteiger partial charge in [-0.2, -0.15) is 0 Å². The van der Waals surface area contributed by atoms with Crippen LogP contribution in [0.2, 0.25) is 0 Å². The van der Waals surface area contributed by atoms with Crippen molar-refractivity contribution in [2.45, 2.75) is 31.8 Å². The minimum atomic E-state index is -4.76. The van der Waals surface area contributed by atoms with Gasteiger partial charge in [-0.15, -0.1) is 13.2 Å². The van der Waals surface area contributed by atoms with Gasteiger partial charge in [0.25, 0.3) is 0 Å². The number of likely N-dealkylation sites (tertiary alicyclic amines) is 1. The Hall–Kier alpha value is -3.23. The highest BCUT2D eigenvalue weighted by molar-refractivity contribution is 5.89. The summed E-state index contributed by atoms with van der Waals surface area (Å²) < 4.78 is 45.5. The van der Waals surface area contributed by atoms with Crippen LogP contribution in [0, 0.1) is 0 Å². The summed E-state index contributed by atoms with van der Waals surface area (Å²) in [7, 11) is 1.58. The normalized spacial score (nSPS) is 16.5. The first-order valence-corrected chi connectivity index (χ1v) is 9.29. The Morgan fingerprint density at radius 3 is 2.27 bits per heavy atom. The predicted octanol–water partition coefficient (Wildman–Crippen LogP) is 3.05. The molecule has 9 heteroatoms. The number of nitrogens with zero attached hydrogens (tertiary/aromatic N) is 1. The van der Waals surface area contributed by atoms with Gasteiger partial charge in [0.1, 0.15) is 17.5 Å². The summed E-state index contributed by atoms with van der Waals surface area (Å²) >= 11 is 0. The Bertz CT molecular complexity index is 883. The van der Waals surface area contributed by atoms with E-state index in [4.69, 9.17) is 4.74 Å². The molecule has 1 N–H and O–H groups in total. The largest absolute Gasteiger partial charge is 0.573 e. The number of methoxy groups -OCH3 is 1. The third-order valence-corrected chi connectivity index (χ3v) is 4.69. The van der Waals surface area contributed by atoms with E-state index in [1.165, 1.54) is 12.1 Å². The predicted molar refractivity (Wildman–Crippen MR) is 102 cm³/mol. The van der Waals surface area contributed by atoms with E-state index >= 15 is 0 Å². The number of benzene rings is 2. The SMILES string of the molecule is COc1ccc(CN2CC[C@@H](NC(=O)Cc3ccc(OC(F)(F)F)cc3)C2=O)cc1. The second-order valence-electron chi connectivity index (χ2n) is 6.89. The van der Waals surface area contributed by atoms with Crippen LogP contribution in [0.1, 0.15) is 17.5 Å².